The molecule has 0 amide bonds. The number of halogens is 1. The van der Waals surface area contributed by atoms with Gasteiger partial charge in [0.1, 0.15) is 0 Å². The maximum atomic E-state index is 6.31. The summed E-state index contributed by atoms with van der Waals surface area (Å²) in [7, 11) is 0. The molecule has 1 heterocycles. The molecular weight excluding hydrogens is 238 g/mol. The van der Waals surface area contributed by atoms with Crippen LogP contribution in [-0.2, 0) is 5.54 Å². The van der Waals surface area contributed by atoms with Crippen LogP contribution in [0.4, 0.5) is 0 Å². The van der Waals surface area contributed by atoms with E-state index in [9.17, 15) is 0 Å². The lowest BCUT2D eigenvalue weighted by Crippen LogP contribution is -2.34. The van der Waals surface area contributed by atoms with Gasteiger partial charge in [0, 0.05) is 5.92 Å². The third-order valence-electron chi connectivity index (χ3n) is 4.09. The molecule has 0 unspecified atom stereocenters. The number of rotatable bonds is 2. The minimum Gasteiger partial charge on any atom is -0.339 e. The van der Waals surface area contributed by atoms with E-state index in [1.54, 1.807) is 0 Å². The fourth-order valence-corrected chi connectivity index (χ4v) is 3.01. The van der Waals surface area contributed by atoms with E-state index in [2.05, 4.69) is 10.1 Å². The van der Waals surface area contributed by atoms with Crippen LogP contribution in [0.2, 0.25) is 0 Å². The van der Waals surface area contributed by atoms with Gasteiger partial charge >= 0.3 is 0 Å². The Hall–Kier alpha value is -0.610. The molecule has 2 aliphatic carbocycles. The van der Waals surface area contributed by atoms with Crippen LogP contribution >= 0.6 is 12.4 Å². The van der Waals surface area contributed by atoms with Gasteiger partial charge in [0.05, 0.1) is 5.54 Å². The predicted molar refractivity (Wildman–Crippen MR) is 67.1 cm³/mol. The Balaban J connectivity index is 0.00000108. The lowest BCUT2D eigenvalue weighted by Gasteiger charge is -2.17. The largest absolute Gasteiger partial charge is 0.339 e. The first kappa shape index (κ1) is 12.8. The number of nitrogens with zero attached hydrogens (tertiary/aromatic N) is 2. The third kappa shape index (κ3) is 2.33. The van der Waals surface area contributed by atoms with Gasteiger partial charge in [0.2, 0.25) is 5.89 Å². The summed E-state index contributed by atoms with van der Waals surface area (Å²) in [4.78, 5) is 4.54. The second-order valence-corrected chi connectivity index (χ2v) is 5.30. The summed E-state index contributed by atoms with van der Waals surface area (Å²) < 4.78 is 5.39. The van der Waals surface area contributed by atoms with Crippen LogP contribution in [0.25, 0.3) is 0 Å². The standard InChI is InChI=1S/C12H19N3O.ClH/c13-12(7-3-4-8-12)11-14-10(16-15-11)9-5-1-2-6-9;/h9H,1-8,13H2;1H. The zero-order chi connectivity index (χ0) is 11.0. The second kappa shape index (κ2) is 4.94. The van der Waals surface area contributed by atoms with Crippen LogP contribution in [0, 0.1) is 0 Å². The first-order valence-corrected chi connectivity index (χ1v) is 6.41. The Morgan fingerprint density at radius 3 is 2.41 bits per heavy atom. The van der Waals surface area contributed by atoms with Crippen molar-refractivity contribution in [2.45, 2.75) is 62.8 Å². The Morgan fingerprint density at radius 1 is 1.12 bits per heavy atom. The van der Waals surface area contributed by atoms with Crippen LogP contribution in [0.1, 0.15) is 69.0 Å². The highest BCUT2D eigenvalue weighted by atomic mass is 35.5. The number of hydrogen-bond donors (Lipinski definition) is 1. The van der Waals surface area contributed by atoms with Gasteiger partial charge in [-0.05, 0) is 25.7 Å². The normalized spacial score (nSPS) is 23.8. The Labute approximate surface area is 108 Å². The monoisotopic (exact) mass is 257 g/mol. The van der Waals surface area contributed by atoms with Crippen molar-refractivity contribution in [3.8, 4) is 0 Å². The number of nitrogens with two attached hydrogens (primary N) is 1. The lowest BCUT2D eigenvalue weighted by atomic mass is 9.98. The fraction of sp³-hybridized carbons (Fsp3) is 0.833. The quantitative estimate of drug-likeness (QED) is 0.885. The number of hydrogen-bond acceptors (Lipinski definition) is 4. The van der Waals surface area contributed by atoms with E-state index in [0.29, 0.717) is 5.92 Å². The molecule has 1 aromatic heterocycles. The average Bonchev–Trinajstić information content (AvgIpc) is 2.98. The Morgan fingerprint density at radius 2 is 1.76 bits per heavy atom. The molecule has 2 N–H and O–H groups in total. The van der Waals surface area contributed by atoms with E-state index in [1.807, 2.05) is 0 Å². The summed E-state index contributed by atoms with van der Waals surface area (Å²) in [5.74, 6) is 2.06. The van der Waals surface area contributed by atoms with Crippen LogP contribution in [0.5, 0.6) is 0 Å². The van der Waals surface area contributed by atoms with E-state index in [-0.39, 0.29) is 17.9 Å². The smallest absolute Gasteiger partial charge is 0.229 e. The van der Waals surface area contributed by atoms with Crippen molar-refractivity contribution >= 4 is 12.4 Å². The van der Waals surface area contributed by atoms with E-state index < -0.39 is 0 Å². The molecule has 4 nitrogen and oxygen atoms in total. The Bertz CT molecular complexity index is 368. The van der Waals surface area contributed by atoms with Gasteiger partial charge in [-0.1, -0.05) is 30.8 Å². The number of aromatic nitrogens is 2. The van der Waals surface area contributed by atoms with Crippen molar-refractivity contribution in [2.75, 3.05) is 0 Å². The molecule has 2 saturated carbocycles. The average molecular weight is 258 g/mol. The van der Waals surface area contributed by atoms with Crippen LogP contribution in [0.15, 0.2) is 4.52 Å². The highest BCUT2D eigenvalue weighted by Crippen LogP contribution is 2.37. The third-order valence-corrected chi connectivity index (χ3v) is 4.09. The molecule has 0 bridgehead atoms. The molecule has 0 radical (unpaired) electrons. The molecule has 96 valence electrons. The molecule has 0 saturated heterocycles. The maximum Gasteiger partial charge on any atom is 0.229 e. The van der Waals surface area contributed by atoms with Gasteiger partial charge in [0.25, 0.3) is 0 Å². The molecule has 5 heteroatoms. The highest BCUT2D eigenvalue weighted by molar-refractivity contribution is 5.85. The van der Waals surface area contributed by atoms with Gasteiger partial charge in [-0.3, -0.25) is 0 Å². The molecule has 2 fully saturated rings. The van der Waals surface area contributed by atoms with Gasteiger partial charge in [-0.2, -0.15) is 4.98 Å². The maximum absolute atomic E-state index is 6.31. The minimum absolute atomic E-state index is 0. The predicted octanol–water partition coefficient (Wildman–Crippen LogP) is 2.88. The van der Waals surface area contributed by atoms with Crippen molar-refractivity contribution in [1.82, 2.24) is 10.1 Å². The zero-order valence-corrected chi connectivity index (χ0v) is 10.8. The van der Waals surface area contributed by atoms with Gasteiger partial charge in [-0.15, -0.1) is 12.4 Å². The van der Waals surface area contributed by atoms with Crippen molar-refractivity contribution in [3.63, 3.8) is 0 Å². The van der Waals surface area contributed by atoms with E-state index in [4.69, 9.17) is 10.3 Å². The second-order valence-electron chi connectivity index (χ2n) is 5.30. The topological polar surface area (TPSA) is 64.9 Å². The van der Waals surface area contributed by atoms with E-state index >= 15 is 0 Å². The summed E-state index contributed by atoms with van der Waals surface area (Å²) in [6.07, 6.45) is 9.32. The SMILES string of the molecule is Cl.NC1(c2noc(C3CCCC3)n2)CCCC1. The van der Waals surface area contributed by atoms with Crippen LogP contribution < -0.4 is 5.73 Å². The molecule has 0 spiro atoms. The first-order valence-electron chi connectivity index (χ1n) is 6.41. The summed E-state index contributed by atoms with van der Waals surface area (Å²) in [5, 5.41) is 4.10. The van der Waals surface area contributed by atoms with Crippen molar-refractivity contribution in [3.05, 3.63) is 11.7 Å². The molecule has 0 atom stereocenters. The summed E-state index contributed by atoms with van der Waals surface area (Å²) in [5.41, 5.74) is 6.00. The van der Waals surface area contributed by atoms with Crippen molar-refractivity contribution < 1.29 is 4.52 Å². The Kier molecular flexibility index (Phi) is 3.73. The first-order chi connectivity index (χ1) is 7.78. The zero-order valence-electron chi connectivity index (χ0n) is 10.0. The van der Waals surface area contributed by atoms with Crippen LogP contribution in [0.3, 0.4) is 0 Å². The highest BCUT2D eigenvalue weighted by Gasteiger charge is 2.36. The van der Waals surface area contributed by atoms with E-state index in [1.165, 1.54) is 38.5 Å². The molecule has 2 aliphatic rings. The fourth-order valence-electron chi connectivity index (χ4n) is 3.01. The van der Waals surface area contributed by atoms with Crippen molar-refractivity contribution in [2.24, 2.45) is 5.73 Å². The van der Waals surface area contributed by atoms with Gasteiger partial charge in [-0.25, -0.2) is 0 Å². The summed E-state index contributed by atoms with van der Waals surface area (Å²) in [6, 6.07) is 0. The molecule has 0 aliphatic heterocycles. The lowest BCUT2D eigenvalue weighted by molar-refractivity contribution is 0.334. The molecular formula is C12H20ClN3O. The summed E-state index contributed by atoms with van der Waals surface area (Å²) in [6.45, 7) is 0. The van der Waals surface area contributed by atoms with E-state index in [0.717, 1.165) is 24.6 Å². The molecule has 17 heavy (non-hydrogen) atoms. The molecule has 0 aromatic carbocycles. The van der Waals surface area contributed by atoms with Gasteiger partial charge in [0.15, 0.2) is 5.82 Å². The molecule has 1 aromatic rings. The summed E-state index contributed by atoms with van der Waals surface area (Å²) >= 11 is 0. The van der Waals surface area contributed by atoms with Crippen LogP contribution in [-0.4, -0.2) is 10.1 Å². The molecule has 3 rings (SSSR count). The van der Waals surface area contributed by atoms with Gasteiger partial charge < -0.3 is 10.3 Å². The minimum atomic E-state index is -0.305. The van der Waals surface area contributed by atoms with Crippen molar-refractivity contribution in [1.29, 1.82) is 0 Å².